The van der Waals surface area contributed by atoms with Gasteiger partial charge in [-0.15, -0.1) is 0 Å². The molecule has 0 aliphatic heterocycles. The second kappa shape index (κ2) is 8.52. The lowest BCUT2D eigenvalue weighted by Crippen LogP contribution is -2.49. The molecule has 0 spiro atoms. The summed E-state index contributed by atoms with van der Waals surface area (Å²) in [6.07, 6.45) is 1.39. The number of hydrogen-bond acceptors (Lipinski definition) is 5. The van der Waals surface area contributed by atoms with Crippen LogP contribution in [0.15, 0.2) is 23.1 Å². The van der Waals surface area contributed by atoms with Gasteiger partial charge in [-0.1, -0.05) is 13.8 Å². The largest absolute Gasteiger partial charge is 0.490 e. The van der Waals surface area contributed by atoms with Gasteiger partial charge in [-0.25, -0.2) is 13.1 Å². The van der Waals surface area contributed by atoms with Crippen LogP contribution in [0.5, 0.6) is 11.5 Å². The third kappa shape index (κ3) is 5.37. The van der Waals surface area contributed by atoms with Crippen LogP contribution in [0, 0.1) is 0 Å². The van der Waals surface area contributed by atoms with Crippen LogP contribution in [0.3, 0.4) is 0 Å². The molecule has 1 aromatic rings. The van der Waals surface area contributed by atoms with Crippen LogP contribution in [0.1, 0.15) is 40.5 Å². The second-order valence-electron chi connectivity index (χ2n) is 5.37. The Morgan fingerprint density at radius 3 is 2.13 bits per heavy atom. The molecule has 0 atom stereocenters. The maximum absolute atomic E-state index is 12.5. The molecule has 132 valence electrons. The number of rotatable bonds is 10. The monoisotopic (exact) mass is 344 g/mol. The van der Waals surface area contributed by atoms with Gasteiger partial charge in [-0.2, -0.15) is 0 Å². The van der Waals surface area contributed by atoms with Crippen molar-refractivity contribution in [1.29, 1.82) is 0 Å². The number of ether oxygens (including phenoxy) is 2. The molecule has 3 N–H and O–H groups in total. The molecule has 0 aliphatic carbocycles. The lowest BCUT2D eigenvalue weighted by Gasteiger charge is -2.26. The molecule has 1 rings (SSSR count). The number of nitrogens with two attached hydrogens (primary N) is 1. The fourth-order valence-corrected chi connectivity index (χ4v) is 3.17. The van der Waals surface area contributed by atoms with E-state index in [0.29, 0.717) is 37.6 Å². The van der Waals surface area contributed by atoms with Crippen molar-refractivity contribution in [3.63, 3.8) is 0 Å². The predicted octanol–water partition coefficient (Wildman–Crippen LogP) is 2.28. The van der Waals surface area contributed by atoms with E-state index < -0.39 is 15.6 Å². The molecule has 0 radical (unpaired) electrons. The molecule has 0 fully saturated rings. The zero-order chi connectivity index (χ0) is 17.5. The van der Waals surface area contributed by atoms with Crippen molar-refractivity contribution in [3.05, 3.63) is 18.2 Å². The van der Waals surface area contributed by atoms with Gasteiger partial charge in [-0.05, 0) is 38.8 Å². The SMILES string of the molecule is CCOc1ccc(S(=O)(=O)NCC(N)(CC)CC)cc1OCC. The van der Waals surface area contributed by atoms with Gasteiger partial charge in [0.25, 0.3) is 0 Å². The van der Waals surface area contributed by atoms with E-state index >= 15 is 0 Å². The maximum Gasteiger partial charge on any atom is 0.240 e. The number of sulfonamides is 1. The fourth-order valence-electron chi connectivity index (χ4n) is 2.02. The fraction of sp³-hybridized carbons (Fsp3) is 0.625. The van der Waals surface area contributed by atoms with E-state index in [1.807, 2.05) is 27.7 Å². The standard InChI is InChI=1S/C16H28N2O4S/c1-5-16(17,6-2)12-18-23(19,20)13-9-10-14(21-7-3)15(11-13)22-8-4/h9-11,18H,5-8,12,17H2,1-4H3. The minimum atomic E-state index is -3.65. The molecule has 0 heterocycles. The van der Waals surface area contributed by atoms with Gasteiger partial charge in [0.2, 0.25) is 10.0 Å². The van der Waals surface area contributed by atoms with Crippen LogP contribution in [0.4, 0.5) is 0 Å². The first-order chi connectivity index (χ1) is 10.8. The highest BCUT2D eigenvalue weighted by molar-refractivity contribution is 7.89. The highest BCUT2D eigenvalue weighted by atomic mass is 32.2. The Labute approximate surface area is 139 Å². The molecule has 0 saturated heterocycles. The van der Waals surface area contributed by atoms with Gasteiger partial charge in [0, 0.05) is 18.2 Å². The van der Waals surface area contributed by atoms with Gasteiger partial charge in [0.1, 0.15) is 0 Å². The summed E-state index contributed by atoms with van der Waals surface area (Å²) < 4.78 is 38.5. The lowest BCUT2D eigenvalue weighted by molar-refractivity contribution is 0.287. The highest BCUT2D eigenvalue weighted by Gasteiger charge is 2.24. The Bertz CT molecular complexity index is 598. The number of hydrogen-bond donors (Lipinski definition) is 2. The zero-order valence-electron chi connectivity index (χ0n) is 14.4. The van der Waals surface area contributed by atoms with E-state index in [9.17, 15) is 8.42 Å². The van der Waals surface area contributed by atoms with Crippen molar-refractivity contribution in [1.82, 2.24) is 4.72 Å². The van der Waals surface area contributed by atoms with E-state index in [1.165, 1.54) is 12.1 Å². The topological polar surface area (TPSA) is 90.7 Å². The molecule has 7 heteroatoms. The summed E-state index contributed by atoms with van der Waals surface area (Å²) in [5.41, 5.74) is 5.61. The zero-order valence-corrected chi connectivity index (χ0v) is 15.2. The van der Waals surface area contributed by atoms with Crippen LogP contribution in [-0.4, -0.2) is 33.7 Å². The first-order valence-electron chi connectivity index (χ1n) is 8.00. The molecule has 23 heavy (non-hydrogen) atoms. The van der Waals surface area contributed by atoms with E-state index in [4.69, 9.17) is 15.2 Å². The Kier molecular flexibility index (Phi) is 7.31. The first-order valence-corrected chi connectivity index (χ1v) is 9.48. The Morgan fingerprint density at radius 1 is 1.04 bits per heavy atom. The molecular weight excluding hydrogens is 316 g/mol. The van der Waals surface area contributed by atoms with Crippen LogP contribution in [0.2, 0.25) is 0 Å². The molecule has 0 saturated carbocycles. The average Bonchev–Trinajstić information content (AvgIpc) is 2.54. The molecular formula is C16H28N2O4S. The minimum Gasteiger partial charge on any atom is -0.490 e. The predicted molar refractivity (Wildman–Crippen MR) is 91.5 cm³/mol. The third-order valence-corrected chi connectivity index (χ3v) is 5.25. The number of benzene rings is 1. The summed E-state index contributed by atoms with van der Waals surface area (Å²) in [5, 5.41) is 0. The van der Waals surface area contributed by atoms with Crippen molar-refractivity contribution < 1.29 is 17.9 Å². The van der Waals surface area contributed by atoms with Crippen molar-refractivity contribution in [2.24, 2.45) is 5.73 Å². The van der Waals surface area contributed by atoms with Crippen LogP contribution >= 0.6 is 0 Å². The highest BCUT2D eigenvalue weighted by Crippen LogP contribution is 2.30. The molecule has 0 aromatic heterocycles. The Hall–Kier alpha value is -1.31. The summed E-state index contributed by atoms with van der Waals surface area (Å²) in [6, 6.07) is 4.59. The van der Waals surface area contributed by atoms with Crippen molar-refractivity contribution in [3.8, 4) is 11.5 Å². The number of nitrogens with one attached hydrogen (secondary N) is 1. The summed E-state index contributed by atoms with van der Waals surface area (Å²) in [7, 11) is -3.65. The van der Waals surface area contributed by atoms with E-state index in [0.717, 1.165) is 0 Å². The quantitative estimate of drug-likeness (QED) is 0.679. The summed E-state index contributed by atoms with van der Waals surface area (Å²) in [4.78, 5) is 0.138. The Morgan fingerprint density at radius 2 is 1.61 bits per heavy atom. The summed E-state index contributed by atoms with van der Waals surface area (Å²) in [6.45, 7) is 8.68. The van der Waals surface area contributed by atoms with Gasteiger partial charge < -0.3 is 15.2 Å². The Balaban J connectivity index is 3.01. The van der Waals surface area contributed by atoms with E-state index in [2.05, 4.69) is 4.72 Å². The van der Waals surface area contributed by atoms with Crippen LogP contribution in [0.25, 0.3) is 0 Å². The van der Waals surface area contributed by atoms with E-state index in [-0.39, 0.29) is 11.4 Å². The maximum atomic E-state index is 12.5. The minimum absolute atomic E-state index is 0.138. The van der Waals surface area contributed by atoms with Crippen molar-refractivity contribution in [2.45, 2.75) is 51.0 Å². The smallest absolute Gasteiger partial charge is 0.240 e. The lowest BCUT2D eigenvalue weighted by atomic mass is 9.95. The van der Waals surface area contributed by atoms with Gasteiger partial charge in [-0.3, -0.25) is 0 Å². The molecule has 0 amide bonds. The van der Waals surface area contributed by atoms with Crippen LogP contribution < -0.4 is 19.9 Å². The first kappa shape index (κ1) is 19.7. The summed E-state index contributed by atoms with van der Waals surface area (Å²) in [5.74, 6) is 0.950. The van der Waals surface area contributed by atoms with Gasteiger partial charge in [0.05, 0.1) is 18.1 Å². The second-order valence-corrected chi connectivity index (χ2v) is 7.14. The van der Waals surface area contributed by atoms with Gasteiger partial charge in [0.15, 0.2) is 11.5 Å². The normalized spacial score (nSPS) is 12.2. The average molecular weight is 344 g/mol. The molecule has 0 bridgehead atoms. The molecule has 1 aromatic carbocycles. The molecule has 0 aliphatic rings. The van der Waals surface area contributed by atoms with Crippen LogP contribution in [-0.2, 0) is 10.0 Å². The third-order valence-electron chi connectivity index (χ3n) is 3.85. The summed E-state index contributed by atoms with van der Waals surface area (Å²) >= 11 is 0. The van der Waals surface area contributed by atoms with Gasteiger partial charge >= 0.3 is 0 Å². The van der Waals surface area contributed by atoms with E-state index in [1.54, 1.807) is 6.07 Å². The molecule has 6 nitrogen and oxygen atoms in total. The molecule has 0 unspecified atom stereocenters. The van der Waals surface area contributed by atoms with Crippen molar-refractivity contribution in [2.75, 3.05) is 19.8 Å². The van der Waals surface area contributed by atoms with Crippen molar-refractivity contribution >= 4 is 10.0 Å².